The molecule has 0 aromatic heterocycles. The first-order valence-electron chi connectivity index (χ1n) is 6.61. The van der Waals surface area contributed by atoms with Gasteiger partial charge in [0.05, 0.1) is 11.5 Å². The summed E-state index contributed by atoms with van der Waals surface area (Å²) in [5.41, 5.74) is 2.13. The fourth-order valence-corrected chi connectivity index (χ4v) is 2.78. The standard InChI is InChI=1S/C14H22O2/c15-13-9-5-1-3-7-11(13)12-8-4-2-6-10-14(12)16/h15-16H,1-10H2. The Labute approximate surface area is 97.7 Å². The summed E-state index contributed by atoms with van der Waals surface area (Å²) >= 11 is 0. The minimum Gasteiger partial charge on any atom is -0.512 e. The van der Waals surface area contributed by atoms with Crippen LogP contribution in [0.4, 0.5) is 0 Å². The second-order valence-corrected chi connectivity index (χ2v) is 4.97. The van der Waals surface area contributed by atoms with Crippen LogP contribution in [0.3, 0.4) is 0 Å². The summed E-state index contributed by atoms with van der Waals surface area (Å²) < 4.78 is 0. The molecule has 2 rings (SSSR count). The molecule has 0 aromatic carbocycles. The first-order chi connectivity index (χ1) is 7.79. The normalized spacial score (nSPS) is 24.2. The molecule has 0 atom stereocenters. The van der Waals surface area contributed by atoms with Gasteiger partial charge < -0.3 is 10.2 Å². The summed E-state index contributed by atoms with van der Waals surface area (Å²) in [7, 11) is 0. The predicted molar refractivity (Wildman–Crippen MR) is 65.5 cm³/mol. The van der Waals surface area contributed by atoms with Crippen LogP contribution in [0.15, 0.2) is 22.7 Å². The van der Waals surface area contributed by atoms with Crippen LogP contribution in [0.1, 0.15) is 64.2 Å². The smallest absolute Gasteiger partial charge is 0.0958 e. The summed E-state index contributed by atoms with van der Waals surface area (Å²) in [6.45, 7) is 0. The molecular weight excluding hydrogens is 200 g/mol. The number of allylic oxidation sites excluding steroid dienone is 4. The molecule has 2 heteroatoms. The van der Waals surface area contributed by atoms with Crippen LogP contribution >= 0.6 is 0 Å². The van der Waals surface area contributed by atoms with E-state index in [-0.39, 0.29) is 0 Å². The average Bonchev–Trinajstić information content (AvgIpc) is 2.59. The molecule has 0 saturated heterocycles. The molecule has 90 valence electrons. The molecule has 16 heavy (non-hydrogen) atoms. The Hall–Kier alpha value is -0.920. The van der Waals surface area contributed by atoms with E-state index >= 15 is 0 Å². The van der Waals surface area contributed by atoms with Gasteiger partial charge in [-0.3, -0.25) is 0 Å². The van der Waals surface area contributed by atoms with E-state index in [0.717, 1.165) is 62.5 Å². The molecule has 0 unspecified atom stereocenters. The van der Waals surface area contributed by atoms with Gasteiger partial charge in [-0.05, 0) is 49.7 Å². The summed E-state index contributed by atoms with van der Waals surface area (Å²) in [6, 6.07) is 0. The minimum absolute atomic E-state index is 0.543. The van der Waals surface area contributed by atoms with Gasteiger partial charge in [-0.25, -0.2) is 0 Å². The zero-order valence-electron chi connectivity index (χ0n) is 9.97. The van der Waals surface area contributed by atoms with E-state index < -0.39 is 0 Å². The van der Waals surface area contributed by atoms with Crippen LogP contribution in [-0.2, 0) is 0 Å². The highest BCUT2D eigenvalue weighted by atomic mass is 16.3. The second-order valence-electron chi connectivity index (χ2n) is 4.97. The highest BCUT2D eigenvalue weighted by Crippen LogP contribution is 2.34. The lowest BCUT2D eigenvalue weighted by molar-refractivity contribution is 0.368. The maximum atomic E-state index is 10.0. The topological polar surface area (TPSA) is 40.5 Å². The van der Waals surface area contributed by atoms with E-state index in [4.69, 9.17) is 0 Å². The number of rotatable bonds is 1. The van der Waals surface area contributed by atoms with Gasteiger partial charge in [0.15, 0.2) is 0 Å². The summed E-state index contributed by atoms with van der Waals surface area (Å²) in [6.07, 6.45) is 10.4. The lowest BCUT2D eigenvalue weighted by Gasteiger charge is -2.13. The Bertz CT molecular complexity index is 281. The predicted octanol–water partition coefficient (Wildman–Crippen LogP) is 4.54. The van der Waals surface area contributed by atoms with Gasteiger partial charge in [0.1, 0.15) is 0 Å². The summed E-state index contributed by atoms with van der Waals surface area (Å²) in [5.74, 6) is 1.09. The average molecular weight is 222 g/mol. The van der Waals surface area contributed by atoms with E-state index in [1.54, 1.807) is 0 Å². The third-order valence-electron chi connectivity index (χ3n) is 3.74. The van der Waals surface area contributed by atoms with Crippen LogP contribution in [0.2, 0.25) is 0 Å². The summed E-state index contributed by atoms with van der Waals surface area (Å²) in [5, 5.41) is 20.1. The Kier molecular flexibility index (Phi) is 3.92. The van der Waals surface area contributed by atoms with Crippen LogP contribution in [0.5, 0.6) is 0 Å². The number of aliphatic hydroxyl groups excluding tert-OH is 2. The van der Waals surface area contributed by atoms with E-state index in [2.05, 4.69) is 0 Å². The maximum Gasteiger partial charge on any atom is 0.0958 e. The van der Waals surface area contributed by atoms with Crippen molar-refractivity contribution in [2.45, 2.75) is 64.2 Å². The minimum atomic E-state index is 0.543. The highest BCUT2D eigenvalue weighted by Gasteiger charge is 2.19. The molecule has 0 aromatic rings. The fraction of sp³-hybridized carbons (Fsp3) is 0.714. The SMILES string of the molecule is OC1=C(C2=C(O)CCCCC2)CCCCC1. The molecule has 0 heterocycles. The Morgan fingerprint density at radius 2 is 0.875 bits per heavy atom. The lowest BCUT2D eigenvalue weighted by atomic mass is 9.95. The number of hydrogen-bond acceptors (Lipinski definition) is 2. The number of aliphatic hydroxyl groups is 2. The molecule has 2 N–H and O–H groups in total. The molecule has 2 nitrogen and oxygen atoms in total. The Balaban J connectivity index is 2.26. The molecule has 0 spiro atoms. The van der Waals surface area contributed by atoms with Crippen molar-refractivity contribution >= 4 is 0 Å². The third kappa shape index (κ3) is 2.60. The second kappa shape index (κ2) is 5.42. The molecule has 0 radical (unpaired) electrons. The third-order valence-corrected chi connectivity index (χ3v) is 3.74. The van der Waals surface area contributed by atoms with Crippen molar-refractivity contribution in [3.63, 3.8) is 0 Å². The quantitative estimate of drug-likeness (QED) is 0.683. The van der Waals surface area contributed by atoms with Crippen molar-refractivity contribution in [1.82, 2.24) is 0 Å². The first kappa shape index (κ1) is 11.6. The van der Waals surface area contributed by atoms with Crippen molar-refractivity contribution in [2.75, 3.05) is 0 Å². The van der Waals surface area contributed by atoms with Crippen LogP contribution in [0.25, 0.3) is 0 Å². The Morgan fingerprint density at radius 3 is 1.31 bits per heavy atom. The lowest BCUT2D eigenvalue weighted by Crippen LogP contribution is -1.98. The fourth-order valence-electron chi connectivity index (χ4n) is 2.78. The van der Waals surface area contributed by atoms with Gasteiger partial charge in [0.25, 0.3) is 0 Å². The zero-order chi connectivity index (χ0) is 11.4. The van der Waals surface area contributed by atoms with Crippen molar-refractivity contribution in [1.29, 1.82) is 0 Å². The molecule has 0 aliphatic heterocycles. The van der Waals surface area contributed by atoms with Crippen LogP contribution < -0.4 is 0 Å². The van der Waals surface area contributed by atoms with Gasteiger partial charge in [0, 0.05) is 12.8 Å². The van der Waals surface area contributed by atoms with Gasteiger partial charge in [-0.2, -0.15) is 0 Å². The number of hydrogen-bond donors (Lipinski definition) is 2. The van der Waals surface area contributed by atoms with Crippen molar-refractivity contribution in [3.05, 3.63) is 22.7 Å². The van der Waals surface area contributed by atoms with Crippen molar-refractivity contribution in [2.24, 2.45) is 0 Å². The van der Waals surface area contributed by atoms with E-state index in [1.807, 2.05) is 0 Å². The van der Waals surface area contributed by atoms with Gasteiger partial charge in [-0.1, -0.05) is 12.8 Å². The monoisotopic (exact) mass is 222 g/mol. The van der Waals surface area contributed by atoms with Crippen LogP contribution in [-0.4, -0.2) is 10.2 Å². The van der Waals surface area contributed by atoms with Gasteiger partial charge >= 0.3 is 0 Å². The molecule has 2 aliphatic rings. The molecule has 2 aliphatic carbocycles. The first-order valence-corrected chi connectivity index (χ1v) is 6.61. The van der Waals surface area contributed by atoms with Crippen LogP contribution in [0, 0.1) is 0 Å². The molecule has 0 bridgehead atoms. The molecule has 0 amide bonds. The summed E-state index contributed by atoms with van der Waals surface area (Å²) in [4.78, 5) is 0. The zero-order valence-corrected chi connectivity index (χ0v) is 9.97. The highest BCUT2D eigenvalue weighted by molar-refractivity contribution is 5.36. The van der Waals surface area contributed by atoms with Crippen molar-refractivity contribution in [3.8, 4) is 0 Å². The molecule has 0 fully saturated rings. The van der Waals surface area contributed by atoms with Gasteiger partial charge in [-0.15, -0.1) is 0 Å². The van der Waals surface area contributed by atoms with E-state index in [1.165, 1.54) is 12.8 Å². The van der Waals surface area contributed by atoms with Crippen molar-refractivity contribution < 1.29 is 10.2 Å². The van der Waals surface area contributed by atoms with Gasteiger partial charge in [0.2, 0.25) is 0 Å². The Morgan fingerprint density at radius 1 is 0.500 bits per heavy atom. The maximum absolute atomic E-state index is 10.0. The van der Waals surface area contributed by atoms with E-state index in [0.29, 0.717) is 11.5 Å². The molecular formula is C14H22O2. The van der Waals surface area contributed by atoms with E-state index in [9.17, 15) is 10.2 Å². The molecule has 0 saturated carbocycles. The largest absolute Gasteiger partial charge is 0.512 e.